The van der Waals surface area contributed by atoms with Crippen molar-refractivity contribution in [2.45, 2.75) is 44.8 Å². The number of aromatic nitrogens is 2. The van der Waals surface area contributed by atoms with Crippen LogP contribution in [-0.4, -0.2) is 58.6 Å². The standard InChI is InChI=1S/C15H22N4O7/c1-4-10(21)24-6-9-12(25-7(2)20)11(22)14(26-9)19-5-8(17-3)13(16)18-15(19)23/h5,9,11-12,14,17,22H,4,6H2,1-3H3,(H2,16,18,23)/t9-,11+,12-,14-/m1/s1. The molecule has 0 saturated carbocycles. The molecule has 0 spiro atoms. The van der Waals surface area contributed by atoms with Crippen molar-refractivity contribution in [2.24, 2.45) is 0 Å². The van der Waals surface area contributed by atoms with Gasteiger partial charge in [0.15, 0.2) is 18.1 Å². The molecular weight excluding hydrogens is 348 g/mol. The summed E-state index contributed by atoms with van der Waals surface area (Å²) < 4.78 is 16.8. The molecule has 4 N–H and O–H groups in total. The van der Waals surface area contributed by atoms with Crippen LogP contribution in [0.1, 0.15) is 26.5 Å². The topological polar surface area (TPSA) is 155 Å². The number of nitrogen functional groups attached to an aromatic ring is 1. The average molecular weight is 370 g/mol. The van der Waals surface area contributed by atoms with Crippen LogP contribution in [0.5, 0.6) is 0 Å². The SMILES string of the molecule is CCC(=O)OC[C@H]1O[C@@H](n2cc(NC)c(N)nc2=O)[C@@H](O)[C@@H]1OC(C)=O. The lowest BCUT2D eigenvalue weighted by molar-refractivity contribution is -0.158. The molecule has 1 saturated heterocycles. The second-order valence-corrected chi connectivity index (χ2v) is 5.65. The highest BCUT2D eigenvalue weighted by atomic mass is 16.6. The Morgan fingerprint density at radius 3 is 2.77 bits per heavy atom. The molecule has 0 radical (unpaired) electrons. The third-order valence-corrected chi connectivity index (χ3v) is 3.83. The van der Waals surface area contributed by atoms with Gasteiger partial charge in [-0.05, 0) is 0 Å². The Labute approximate surface area is 149 Å². The third kappa shape index (κ3) is 4.11. The van der Waals surface area contributed by atoms with Gasteiger partial charge < -0.3 is 30.4 Å². The van der Waals surface area contributed by atoms with Crippen molar-refractivity contribution in [3.05, 3.63) is 16.7 Å². The van der Waals surface area contributed by atoms with E-state index in [2.05, 4.69) is 10.3 Å². The third-order valence-electron chi connectivity index (χ3n) is 3.83. The first-order valence-corrected chi connectivity index (χ1v) is 8.01. The summed E-state index contributed by atoms with van der Waals surface area (Å²) in [7, 11) is 1.59. The molecule has 1 fully saturated rings. The number of aliphatic hydroxyl groups is 1. The maximum Gasteiger partial charge on any atom is 0.351 e. The summed E-state index contributed by atoms with van der Waals surface area (Å²) >= 11 is 0. The number of nitrogens with one attached hydrogen (secondary N) is 1. The zero-order valence-corrected chi connectivity index (χ0v) is 14.7. The van der Waals surface area contributed by atoms with Crippen LogP contribution < -0.4 is 16.7 Å². The Morgan fingerprint density at radius 2 is 2.19 bits per heavy atom. The van der Waals surface area contributed by atoms with Crippen LogP contribution >= 0.6 is 0 Å². The largest absolute Gasteiger partial charge is 0.463 e. The van der Waals surface area contributed by atoms with E-state index in [0.29, 0.717) is 5.69 Å². The monoisotopic (exact) mass is 370 g/mol. The number of carbonyl (C=O) groups excluding carboxylic acids is 2. The van der Waals surface area contributed by atoms with E-state index in [4.69, 9.17) is 19.9 Å². The molecule has 4 atom stereocenters. The number of aliphatic hydroxyl groups excluding tert-OH is 1. The minimum atomic E-state index is -1.38. The van der Waals surface area contributed by atoms with Crippen LogP contribution in [0.2, 0.25) is 0 Å². The highest BCUT2D eigenvalue weighted by Gasteiger charge is 2.48. The minimum absolute atomic E-state index is 0.00815. The smallest absolute Gasteiger partial charge is 0.351 e. The van der Waals surface area contributed by atoms with Crippen LogP contribution in [0.25, 0.3) is 0 Å². The molecular formula is C15H22N4O7. The maximum absolute atomic E-state index is 12.1. The number of ether oxygens (including phenoxy) is 3. The Morgan fingerprint density at radius 1 is 1.50 bits per heavy atom. The quantitative estimate of drug-likeness (QED) is 0.531. The number of nitrogens with zero attached hydrogens (tertiary/aromatic N) is 2. The fraction of sp³-hybridized carbons (Fsp3) is 0.600. The van der Waals surface area contributed by atoms with E-state index < -0.39 is 42.2 Å². The Bertz CT molecular complexity index is 735. The van der Waals surface area contributed by atoms with Gasteiger partial charge in [0.1, 0.15) is 18.8 Å². The Hall–Kier alpha value is -2.66. The summed E-state index contributed by atoms with van der Waals surface area (Å²) in [6.07, 6.45) is -3.15. The molecule has 1 aromatic rings. The molecule has 0 amide bonds. The number of anilines is 2. The molecule has 0 unspecified atom stereocenters. The normalized spacial score (nSPS) is 24.9. The van der Waals surface area contributed by atoms with Crippen LogP contribution in [0.4, 0.5) is 11.5 Å². The molecule has 11 nitrogen and oxygen atoms in total. The van der Waals surface area contributed by atoms with E-state index in [1.54, 1.807) is 14.0 Å². The lowest BCUT2D eigenvalue weighted by Gasteiger charge is -2.20. The van der Waals surface area contributed by atoms with Gasteiger partial charge in [0.25, 0.3) is 0 Å². The van der Waals surface area contributed by atoms with Gasteiger partial charge in [-0.2, -0.15) is 4.98 Å². The van der Waals surface area contributed by atoms with Crippen molar-refractivity contribution in [3.63, 3.8) is 0 Å². The first-order chi connectivity index (χ1) is 12.3. The highest BCUT2D eigenvalue weighted by molar-refractivity contribution is 5.69. The van der Waals surface area contributed by atoms with Gasteiger partial charge in [0, 0.05) is 26.6 Å². The fourth-order valence-electron chi connectivity index (χ4n) is 2.55. The lowest BCUT2D eigenvalue weighted by atomic mass is 10.1. The van der Waals surface area contributed by atoms with Gasteiger partial charge in [-0.25, -0.2) is 4.79 Å². The van der Waals surface area contributed by atoms with Crippen molar-refractivity contribution in [1.82, 2.24) is 9.55 Å². The molecule has 0 bridgehead atoms. The van der Waals surface area contributed by atoms with Crippen LogP contribution in [0, 0.1) is 0 Å². The molecule has 11 heteroatoms. The lowest BCUT2D eigenvalue weighted by Crippen LogP contribution is -2.39. The first-order valence-electron chi connectivity index (χ1n) is 8.01. The van der Waals surface area contributed by atoms with E-state index in [0.717, 1.165) is 4.57 Å². The summed E-state index contributed by atoms with van der Waals surface area (Å²) in [6.45, 7) is 2.55. The molecule has 2 rings (SSSR count). The molecule has 0 aromatic carbocycles. The number of hydrogen-bond acceptors (Lipinski definition) is 10. The van der Waals surface area contributed by atoms with Gasteiger partial charge >= 0.3 is 17.6 Å². The summed E-state index contributed by atoms with van der Waals surface area (Å²) in [5.74, 6) is -1.13. The zero-order valence-electron chi connectivity index (χ0n) is 14.7. The van der Waals surface area contributed by atoms with Gasteiger partial charge in [0.2, 0.25) is 0 Å². The van der Waals surface area contributed by atoms with E-state index in [9.17, 15) is 19.5 Å². The number of carbonyl (C=O) groups is 2. The molecule has 1 aromatic heterocycles. The maximum atomic E-state index is 12.1. The molecule has 0 aliphatic carbocycles. The summed E-state index contributed by atoms with van der Waals surface area (Å²) in [4.78, 5) is 38.5. The molecule has 144 valence electrons. The molecule has 1 aliphatic heterocycles. The number of esters is 2. The second kappa shape index (κ2) is 8.15. The van der Waals surface area contributed by atoms with E-state index in [1.165, 1.54) is 13.1 Å². The van der Waals surface area contributed by atoms with Gasteiger partial charge in [-0.3, -0.25) is 14.2 Å². The predicted molar refractivity (Wildman–Crippen MR) is 89.2 cm³/mol. The van der Waals surface area contributed by atoms with E-state index in [1.807, 2.05) is 0 Å². The molecule has 1 aliphatic rings. The van der Waals surface area contributed by atoms with Crippen molar-refractivity contribution in [2.75, 3.05) is 24.7 Å². The number of rotatable bonds is 6. The Balaban J connectivity index is 2.31. The first kappa shape index (κ1) is 19.7. The fourth-order valence-corrected chi connectivity index (χ4v) is 2.55. The van der Waals surface area contributed by atoms with E-state index in [-0.39, 0.29) is 18.8 Å². The Kier molecular flexibility index (Phi) is 6.16. The van der Waals surface area contributed by atoms with Gasteiger partial charge in [0.05, 0.1) is 5.69 Å². The van der Waals surface area contributed by atoms with E-state index >= 15 is 0 Å². The predicted octanol–water partition coefficient (Wildman–Crippen LogP) is -0.990. The zero-order chi connectivity index (χ0) is 19.4. The summed E-state index contributed by atoms with van der Waals surface area (Å²) in [6, 6.07) is 0. The van der Waals surface area contributed by atoms with Crippen molar-refractivity contribution < 1.29 is 28.9 Å². The number of nitrogens with two attached hydrogens (primary N) is 1. The summed E-state index contributed by atoms with van der Waals surface area (Å²) in [5, 5.41) is 13.3. The molecule has 2 heterocycles. The average Bonchev–Trinajstić information content (AvgIpc) is 2.88. The van der Waals surface area contributed by atoms with Crippen LogP contribution in [-0.2, 0) is 23.8 Å². The van der Waals surface area contributed by atoms with Crippen molar-refractivity contribution in [1.29, 1.82) is 0 Å². The van der Waals surface area contributed by atoms with Crippen molar-refractivity contribution in [3.8, 4) is 0 Å². The van der Waals surface area contributed by atoms with Crippen LogP contribution in [0.15, 0.2) is 11.0 Å². The number of hydrogen-bond donors (Lipinski definition) is 3. The van der Waals surface area contributed by atoms with Gasteiger partial charge in [-0.1, -0.05) is 6.92 Å². The highest BCUT2D eigenvalue weighted by Crippen LogP contribution is 2.31. The molecule has 26 heavy (non-hydrogen) atoms. The van der Waals surface area contributed by atoms with Crippen LogP contribution in [0.3, 0.4) is 0 Å². The van der Waals surface area contributed by atoms with Gasteiger partial charge in [-0.15, -0.1) is 0 Å². The van der Waals surface area contributed by atoms with Crippen molar-refractivity contribution >= 4 is 23.4 Å². The summed E-state index contributed by atoms with van der Waals surface area (Å²) in [5.41, 5.74) is 5.23. The minimum Gasteiger partial charge on any atom is -0.463 e. The second-order valence-electron chi connectivity index (χ2n) is 5.65.